The van der Waals surface area contributed by atoms with Crippen molar-refractivity contribution >= 4 is 43.7 Å². The SMILES string of the molecule is c1ccc(-c2ccc(-c3nc(-c4ccccc4)nc(-c4ccc5oc6cccc(-c7ccc8c(c7)Cc7ccccc7-8)c6c5c4-n4c5ccccc5c5ccccc54)n3)cc2)cc1. The molecule has 0 amide bonds. The van der Waals surface area contributed by atoms with Crippen molar-refractivity contribution in [3.8, 4) is 73.2 Å². The van der Waals surface area contributed by atoms with Crippen LogP contribution in [0, 0.1) is 0 Å². The van der Waals surface area contributed by atoms with Crippen LogP contribution in [0.1, 0.15) is 11.1 Å². The van der Waals surface area contributed by atoms with Crippen LogP contribution < -0.4 is 0 Å². The molecule has 1 aliphatic carbocycles. The van der Waals surface area contributed by atoms with Gasteiger partial charge in [0.05, 0.1) is 22.1 Å². The predicted molar refractivity (Wildman–Crippen MR) is 257 cm³/mol. The number of nitrogens with zero attached hydrogens (tertiary/aromatic N) is 4. The normalized spacial score (nSPS) is 12.1. The maximum atomic E-state index is 6.88. The first-order valence-corrected chi connectivity index (χ1v) is 21.4. The molecule has 5 nitrogen and oxygen atoms in total. The standard InChI is InChI=1S/C58H36N4O/c1-3-14-36(15-4-1)37-26-28-39(29-27-37)57-59-56(38-16-5-2-6-17-38)60-58(61-57)48-32-33-52-54(55(48)62-49-23-11-9-20-46(49)47-21-10-12-24-50(47)62)53-45(22-13-25-51(53)63-52)41-30-31-44-42(35-41)34-40-18-7-8-19-43(40)44/h1-33,35H,34H2. The van der Waals surface area contributed by atoms with E-state index in [9.17, 15) is 0 Å². The van der Waals surface area contributed by atoms with Crippen LogP contribution >= 0.6 is 0 Å². The molecule has 0 N–H and O–H groups in total. The Hall–Kier alpha value is -8.41. The molecule has 0 saturated carbocycles. The van der Waals surface area contributed by atoms with Crippen molar-refractivity contribution in [1.29, 1.82) is 0 Å². The van der Waals surface area contributed by atoms with Gasteiger partial charge in [0, 0.05) is 32.8 Å². The molecule has 0 radical (unpaired) electrons. The first-order valence-electron chi connectivity index (χ1n) is 21.4. The molecule has 3 aromatic heterocycles. The largest absolute Gasteiger partial charge is 0.456 e. The summed E-state index contributed by atoms with van der Waals surface area (Å²) in [5.74, 6) is 1.78. The maximum absolute atomic E-state index is 6.88. The molecular weight excluding hydrogens is 769 g/mol. The van der Waals surface area contributed by atoms with E-state index in [-0.39, 0.29) is 0 Å². The van der Waals surface area contributed by atoms with E-state index in [1.54, 1.807) is 0 Å². The third-order valence-electron chi connectivity index (χ3n) is 12.7. The number of benzene rings is 9. The zero-order chi connectivity index (χ0) is 41.4. The van der Waals surface area contributed by atoms with E-state index in [1.807, 2.05) is 24.3 Å². The fraction of sp³-hybridized carbons (Fsp3) is 0.0172. The third kappa shape index (κ3) is 5.67. The van der Waals surface area contributed by atoms with E-state index in [0.29, 0.717) is 17.5 Å². The number of furan rings is 1. The van der Waals surface area contributed by atoms with Crippen LogP contribution in [-0.4, -0.2) is 19.5 Å². The van der Waals surface area contributed by atoms with Crippen LogP contribution in [0.2, 0.25) is 0 Å². The molecule has 0 saturated heterocycles. The van der Waals surface area contributed by atoms with Gasteiger partial charge in [-0.3, -0.25) is 0 Å². The quantitative estimate of drug-likeness (QED) is 0.168. The second-order valence-corrected chi connectivity index (χ2v) is 16.3. The minimum absolute atomic E-state index is 0.576. The first-order chi connectivity index (χ1) is 31.2. The van der Waals surface area contributed by atoms with Crippen molar-refractivity contribution in [1.82, 2.24) is 19.5 Å². The van der Waals surface area contributed by atoms with Crippen LogP contribution in [-0.2, 0) is 6.42 Å². The molecule has 1 aliphatic rings. The summed E-state index contributed by atoms with van der Waals surface area (Å²) < 4.78 is 9.28. The van der Waals surface area contributed by atoms with Gasteiger partial charge >= 0.3 is 0 Å². The Balaban J connectivity index is 1.11. The van der Waals surface area contributed by atoms with E-state index >= 15 is 0 Å². The Morgan fingerprint density at radius 1 is 0.349 bits per heavy atom. The Morgan fingerprint density at radius 3 is 1.62 bits per heavy atom. The van der Waals surface area contributed by atoms with Gasteiger partial charge in [0.25, 0.3) is 0 Å². The van der Waals surface area contributed by atoms with Crippen LogP contribution in [0.25, 0.3) is 117 Å². The topological polar surface area (TPSA) is 56.7 Å². The highest BCUT2D eigenvalue weighted by atomic mass is 16.3. The van der Waals surface area contributed by atoms with Crippen LogP contribution in [0.5, 0.6) is 0 Å². The summed E-state index contributed by atoms with van der Waals surface area (Å²) in [5.41, 5.74) is 17.3. The fourth-order valence-electron chi connectivity index (χ4n) is 9.81. The number of rotatable bonds is 6. The fourth-order valence-corrected chi connectivity index (χ4v) is 9.81. The minimum atomic E-state index is 0.576. The molecule has 3 heterocycles. The van der Waals surface area contributed by atoms with Gasteiger partial charge in [-0.05, 0) is 81.3 Å². The lowest BCUT2D eigenvalue weighted by Crippen LogP contribution is -2.04. The summed E-state index contributed by atoms with van der Waals surface area (Å²) in [4.78, 5) is 15.9. The molecule has 13 rings (SSSR count). The molecule has 63 heavy (non-hydrogen) atoms. The van der Waals surface area contributed by atoms with Gasteiger partial charge < -0.3 is 8.98 Å². The van der Waals surface area contributed by atoms with Crippen molar-refractivity contribution in [3.63, 3.8) is 0 Å². The van der Waals surface area contributed by atoms with E-state index < -0.39 is 0 Å². The molecule has 294 valence electrons. The Morgan fingerprint density at radius 2 is 0.873 bits per heavy atom. The summed E-state index contributed by atoms with van der Waals surface area (Å²) in [6, 6.07) is 72.8. The Labute approximate surface area is 363 Å². The molecule has 0 spiro atoms. The van der Waals surface area contributed by atoms with Crippen molar-refractivity contribution in [2.75, 3.05) is 0 Å². The van der Waals surface area contributed by atoms with E-state index in [1.165, 1.54) is 33.0 Å². The first kappa shape index (κ1) is 35.4. The maximum Gasteiger partial charge on any atom is 0.166 e. The van der Waals surface area contributed by atoms with Gasteiger partial charge in [-0.2, -0.15) is 0 Å². The number of fused-ring (bicyclic) bond motifs is 9. The average molecular weight is 805 g/mol. The zero-order valence-corrected chi connectivity index (χ0v) is 34.0. The highest BCUT2D eigenvalue weighted by Crippen LogP contribution is 2.47. The summed E-state index contributed by atoms with van der Waals surface area (Å²) in [6.45, 7) is 0. The summed E-state index contributed by atoms with van der Waals surface area (Å²) in [6.07, 6.45) is 0.915. The van der Waals surface area contributed by atoms with E-state index in [4.69, 9.17) is 19.4 Å². The van der Waals surface area contributed by atoms with Crippen molar-refractivity contribution in [2.24, 2.45) is 0 Å². The van der Waals surface area contributed by atoms with Crippen molar-refractivity contribution in [3.05, 3.63) is 217 Å². The predicted octanol–water partition coefficient (Wildman–Crippen LogP) is 14.8. The summed E-state index contributed by atoms with van der Waals surface area (Å²) >= 11 is 0. The number of hydrogen-bond acceptors (Lipinski definition) is 4. The average Bonchev–Trinajstić information content (AvgIpc) is 4.04. The van der Waals surface area contributed by atoms with Crippen LogP contribution in [0.3, 0.4) is 0 Å². The van der Waals surface area contributed by atoms with Gasteiger partial charge in [0.2, 0.25) is 0 Å². The lowest BCUT2D eigenvalue weighted by molar-refractivity contribution is 0.669. The molecule has 5 heteroatoms. The van der Waals surface area contributed by atoms with Gasteiger partial charge in [0.1, 0.15) is 11.2 Å². The molecule has 9 aromatic carbocycles. The van der Waals surface area contributed by atoms with E-state index in [0.717, 1.165) is 84.0 Å². The lowest BCUT2D eigenvalue weighted by atomic mass is 9.94. The molecule has 0 atom stereocenters. The Kier molecular flexibility index (Phi) is 7.90. The smallest absolute Gasteiger partial charge is 0.166 e. The highest BCUT2D eigenvalue weighted by Gasteiger charge is 2.26. The van der Waals surface area contributed by atoms with Crippen LogP contribution in [0.4, 0.5) is 0 Å². The number of hydrogen-bond donors (Lipinski definition) is 0. The minimum Gasteiger partial charge on any atom is -0.456 e. The molecule has 12 aromatic rings. The van der Waals surface area contributed by atoms with Gasteiger partial charge in [0.15, 0.2) is 17.5 Å². The monoisotopic (exact) mass is 804 g/mol. The summed E-state index contributed by atoms with van der Waals surface area (Å²) in [5, 5.41) is 4.39. The molecular formula is C58H36N4O. The van der Waals surface area contributed by atoms with Crippen molar-refractivity contribution in [2.45, 2.75) is 6.42 Å². The van der Waals surface area contributed by atoms with Gasteiger partial charge in [-0.25, -0.2) is 15.0 Å². The second-order valence-electron chi connectivity index (χ2n) is 16.3. The van der Waals surface area contributed by atoms with E-state index in [2.05, 4.69) is 187 Å². The molecule has 0 unspecified atom stereocenters. The van der Waals surface area contributed by atoms with Gasteiger partial charge in [-0.15, -0.1) is 0 Å². The molecule has 0 fully saturated rings. The zero-order valence-electron chi connectivity index (χ0n) is 34.0. The van der Waals surface area contributed by atoms with Crippen molar-refractivity contribution < 1.29 is 4.42 Å². The third-order valence-corrected chi connectivity index (χ3v) is 12.7. The Bertz CT molecular complexity index is 3700. The van der Waals surface area contributed by atoms with Crippen LogP contribution in [0.15, 0.2) is 211 Å². The molecule has 0 bridgehead atoms. The second kappa shape index (κ2) is 14.1. The van der Waals surface area contributed by atoms with Gasteiger partial charge in [-0.1, -0.05) is 176 Å². The lowest BCUT2D eigenvalue weighted by Gasteiger charge is -2.17. The number of para-hydroxylation sites is 2. The highest BCUT2D eigenvalue weighted by molar-refractivity contribution is 6.20. The number of aromatic nitrogens is 4. The molecule has 0 aliphatic heterocycles. The summed E-state index contributed by atoms with van der Waals surface area (Å²) in [7, 11) is 0.